The van der Waals surface area contributed by atoms with Gasteiger partial charge in [-0.15, -0.1) is 0 Å². The van der Waals surface area contributed by atoms with Crippen LogP contribution in [0, 0.1) is 12.3 Å². The summed E-state index contributed by atoms with van der Waals surface area (Å²) in [4.78, 5) is 23.5. The number of hydrogen-bond donors (Lipinski definition) is 3. The van der Waals surface area contributed by atoms with Crippen molar-refractivity contribution in [3.8, 4) is 0 Å². The predicted octanol–water partition coefficient (Wildman–Crippen LogP) is 2.50. The fourth-order valence-corrected chi connectivity index (χ4v) is 2.01. The number of aryl methyl sites for hydroxylation is 1. The van der Waals surface area contributed by atoms with Crippen molar-refractivity contribution >= 4 is 29.1 Å². The van der Waals surface area contributed by atoms with Crippen LogP contribution >= 0.6 is 11.6 Å². The van der Waals surface area contributed by atoms with E-state index in [-0.39, 0.29) is 12.0 Å². The molecule has 0 spiro atoms. The normalized spacial score (nSPS) is 11.1. The zero-order valence-corrected chi connectivity index (χ0v) is 14.0. The lowest BCUT2D eigenvalue weighted by molar-refractivity contribution is -0.136. The molecule has 0 aliphatic rings. The minimum atomic E-state index is -0.742. The second kappa shape index (κ2) is 8.15. The molecule has 0 bridgehead atoms. The van der Waals surface area contributed by atoms with Crippen LogP contribution in [0.25, 0.3) is 0 Å². The molecule has 0 heterocycles. The molecule has 0 aliphatic carbocycles. The Bertz CT molecular complexity index is 544. The minimum Gasteiger partial charge on any atom is -0.396 e. The molecule has 0 aliphatic heterocycles. The molecule has 2 amide bonds. The third-order valence-electron chi connectivity index (χ3n) is 3.32. The second-order valence-corrected chi connectivity index (χ2v) is 6.53. The van der Waals surface area contributed by atoms with Crippen LogP contribution in [-0.4, -0.2) is 30.1 Å². The van der Waals surface area contributed by atoms with E-state index in [0.717, 1.165) is 12.0 Å². The molecule has 0 unspecified atom stereocenters. The van der Waals surface area contributed by atoms with Crippen LogP contribution in [0.4, 0.5) is 5.69 Å². The number of carbonyl (C=O) groups excluding carboxylic acids is 2. The summed E-state index contributed by atoms with van der Waals surface area (Å²) in [5, 5.41) is 14.6. The first-order chi connectivity index (χ1) is 10.2. The molecule has 1 aromatic carbocycles. The highest BCUT2D eigenvalue weighted by molar-refractivity contribution is 6.41. The van der Waals surface area contributed by atoms with Gasteiger partial charge in [-0.1, -0.05) is 31.5 Å². The first kappa shape index (κ1) is 18.5. The largest absolute Gasteiger partial charge is 0.396 e. The molecule has 0 fully saturated rings. The SMILES string of the molecule is Cc1ccc(Cl)c(NC(=O)C(=O)NCCCC(C)(C)CO)c1. The van der Waals surface area contributed by atoms with Gasteiger partial charge >= 0.3 is 11.8 Å². The van der Waals surface area contributed by atoms with E-state index in [4.69, 9.17) is 16.7 Å². The maximum Gasteiger partial charge on any atom is 0.313 e. The predicted molar refractivity (Wildman–Crippen MR) is 87.9 cm³/mol. The molecule has 1 rings (SSSR count). The molecule has 122 valence electrons. The Morgan fingerprint density at radius 1 is 1.27 bits per heavy atom. The summed E-state index contributed by atoms with van der Waals surface area (Å²) >= 11 is 5.97. The number of nitrogens with one attached hydrogen (secondary N) is 2. The number of aliphatic hydroxyl groups excluding tert-OH is 1. The van der Waals surface area contributed by atoms with Gasteiger partial charge in [0.05, 0.1) is 10.7 Å². The van der Waals surface area contributed by atoms with E-state index in [9.17, 15) is 9.59 Å². The second-order valence-electron chi connectivity index (χ2n) is 6.12. The summed E-state index contributed by atoms with van der Waals surface area (Å²) in [6, 6.07) is 5.19. The van der Waals surface area contributed by atoms with E-state index in [1.54, 1.807) is 12.1 Å². The Kier molecular flexibility index (Phi) is 6.84. The van der Waals surface area contributed by atoms with Gasteiger partial charge in [-0.25, -0.2) is 0 Å². The van der Waals surface area contributed by atoms with Gasteiger partial charge in [-0.05, 0) is 42.9 Å². The molecule has 0 atom stereocenters. The molecular formula is C16H23ClN2O3. The topological polar surface area (TPSA) is 78.4 Å². The van der Waals surface area contributed by atoms with E-state index in [1.807, 2.05) is 26.8 Å². The maximum absolute atomic E-state index is 11.8. The number of hydrogen-bond acceptors (Lipinski definition) is 3. The van der Waals surface area contributed by atoms with Crippen LogP contribution < -0.4 is 10.6 Å². The number of halogens is 1. The lowest BCUT2D eigenvalue weighted by atomic mass is 9.89. The van der Waals surface area contributed by atoms with Crippen molar-refractivity contribution in [1.82, 2.24) is 5.32 Å². The van der Waals surface area contributed by atoms with Crippen molar-refractivity contribution in [3.05, 3.63) is 28.8 Å². The summed E-state index contributed by atoms with van der Waals surface area (Å²) in [6.45, 7) is 6.24. The Morgan fingerprint density at radius 3 is 2.59 bits per heavy atom. The molecule has 0 saturated heterocycles. The number of aliphatic hydroxyl groups is 1. The van der Waals surface area contributed by atoms with Gasteiger partial charge in [-0.3, -0.25) is 9.59 Å². The van der Waals surface area contributed by atoms with E-state index in [0.29, 0.717) is 23.7 Å². The van der Waals surface area contributed by atoms with Crippen molar-refractivity contribution in [2.24, 2.45) is 5.41 Å². The van der Waals surface area contributed by atoms with Gasteiger partial charge < -0.3 is 15.7 Å². The molecule has 6 heteroatoms. The molecule has 3 N–H and O–H groups in total. The standard InChI is InChI=1S/C16H23ClN2O3/c1-11-5-6-12(17)13(9-11)19-15(22)14(21)18-8-4-7-16(2,3)10-20/h5-6,9,20H,4,7-8,10H2,1-3H3,(H,18,21)(H,19,22). The monoisotopic (exact) mass is 326 g/mol. The summed E-state index contributed by atoms with van der Waals surface area (Å²) in [5.74, 6) is -1.44. The van der Waals surface area contributed by atoms with Gasteiger partial charge in [0, 0.05) is 13.2 Å². The first-order valence-electron chi connectivity index (χ1n) is 7.21. The quantitative estimate of drug-likeness (QED) is 0.555. The number of amides is 2. The summed E-state index contributed by atoms with van der Waals surface area (Å²) in [7, 11) is 0. The van der Waals surface area contributed by atoms with Crippen LogP contribution in [0.2, 0.25) is 5.02 Å². The molecule has 22 heavy (non-hydrogen) atoms. The van der Waals surface area contributed by atoms with Crippen LogP contribution in [0.3, 0.4) is 0 Å². The number of rotatable bonds is 6. The minimum absolute atomic E-state index is 0.0906. The summed E-state index contributed by atoms with van der Waals surface area (Å²) in [5.41, 5.74) is 1.18. The highest BCUT2D eigenvalue weighted by atomic mass is 35.5. The molecule has 0 radical (unpaired) electrons. The van der Waals surface area contributed by atoms with Crippen molar-refractivity contribution in [1.29, 1.82) is 0 Å². The highest BCUT2D eigenvalue weighted by Crippen LogP contribution is 2.22. The zero-order valence-electron chi connectivity index (χ0n) is 13.2. The van der Waals surface area contributed by atoms with Gasteiger partial charge in [0.1, 0.15) is 0 Å². The molecule has 1 aromatic rings. The maximum atomic E-state index is 11.8. The van der Waals surface area contributed by atoms with E-state index in [2.05, 4.69) is 10.6 Å². The number of benzene rings is 1. The molecular weight excluding hydrogens is 304 g/mol. The Morgan fingerprint density at radius 2 is 1.95 bits per heavy atom. The van der Waals surface area contributed by atoms with Gasteiger partial charge in [0.2, 0.25) is 0 Å². The molecule has 5 nitrogen and oxygen atoms in total. The number of carbonyl (C=O) groups is 2. The van der Waals surface area contributed by atoms with Crippen molar-refractivity contribution in [2.45, 2.75) is 33.6 Å². The third-order valence-corrected chi connectivity index (χ3v) is 3.65. The molecule has 0 aromatic heterocycles. The lowest BCUT2D eigenvalue weighted by Crippen LogP contribution is -2.36. The van der Waals surface area contributed by atoms with Gasteiger partial charge in [-0.2, -0.15) is 0 Å². The van der Waals surface area contributed by atoms with Gasteiger partial charge in [0.25, 0.3) is 0 Å². The first-order valence-corrected chi connectivity index (χ1v) is 7.59. The zero-order chi connectivity index (χ0) is 16.8. The average molecular weight is 327 g/mol. The third kappa shape index (κ3) is 6.03. The number of anilines is 1. The van der Waals surface area contributed by atoms with E-state index in [1.165, 1.54) is 0 Å². The summed E-state index contributed by atoms with van der Waals surface area (Å²) in [6.07, 6.45) is 1.45. The van der Waals surface area contributed by atoms with E-state index >= 15 is 0 Å². The summed E-state index contributed by atoms with van der Waals surface area (Å²) < 4.78 is 0. The van der Waals surface area contributed by atoms with Crippen LogP contribution in [0.1, 0.15) is 32.3 Å². The molecule has 0 saturated carbocycles. The smallest absolute Gasteiger partial charge is 0.313 e. The Hall–Kier alpha value is -1.59. The van der Waals surface area contributed by atoms with E-state index < -0.39 is 11.8 Å². The van der Waals surface area contributed by atoms with Crippen molar-refractivity contribution < 1.29 is 14.7 Å². The fraction of sp³-hybridized carbons (Fsp3) is 0.500. The van der Waals surface area contributed by atoms with Crippen LogP contribution in [-0.2, 0) is 9.59 Å². The van der Waals surface area contributed by atoms with Crippen LogP contribution in [0.5, 0.6) is 0 Å². The average Bonchev–Trinajstić information content (AvgIpc) is 2.47. The fourth-order valence-electron chi connectivity index (χ4n) is 1.84. The Balaban J connectivity index is 2.43. The van der Waals surface area contributed by atoms with Crippen molar-refractivity contribution in [3.63, 3.8) is 0 Å². The lowest BCUT2D eigenvalue weighted by Gasteiger charge is -2.21. The Labute approximate surface area is 136 Å². The van der Waals surface area contributed by atoms with Crippen molar-refractivity contribution in [2.75, 3.05) is 18.5 Å². The van der Waals surface area contributed by atoms with Gasteiger partial charge in [0.15, 0.2) is 0 Å². The van der Waals surface area contributed by atoms with Crippen LogP contribution in [0.15, 0.2) is 18.2 Å². The highest BCUT2D eigenvalue weighted by Gasteiger charge is 2.17.